The molecule has 0 saturated carbocycles. The number of nitrogens with zero attached hydrogens (tertiary/aromatic N) is 5. The fraction of sp³-hybridized carbons (Fsp3) is 0.143. The minimum atomic E-state index is -0.294. The van der Waals surface area contributed by atoms with Crippen LogP contribution in [-0.2, 0) is 13.0 Å². The second-order valence-corrected chi connectivity index (χ2v) is 6.90. The van der Waals surface area contributed by atoms with Gasteiger partial charge in [-0.2, -0.15) is 5.10 Å². The number of aryl methyl sites for hydroxylation is 3. The maximum Gasteiger partial charge on any atom is 0.261 e. The monoisotopic (exact) mass is 388 g/mol. The minimum absolute atomic E-state index is 0.118. The average Bonchev–Trinajstić information content (AvgIpc) is 3.35. The number of benzene rings is 1. The number of aromatic nitrogens is 6. The molecule has 0 aliphatic rings. The van der Waals surface area contributed by atoms with Crippen LogP contribution in [0.15, 0.2) is 60.0 Å². The van der Waals surface area contributed by atoms with Crippen LogP contribution >= 0.6 is 0 Å². The van der Waals surface area contributed by atoms with E-state index in [-0.39, 0.29) is 11.4 Å². The van der Waals surface area contributed by atoms with Crippen LogP contribution in [0.3, 0.4) is 0 Å². The van der Waals surface area contributed by atoms with Crippen molar-refractivity contribution in [3.05, 3.63) is 82.8 Å². The van der Waals surface area contributed by atoms with E-state index in [9.17, 15) is 9.18 Å². The highest BCUT2D eigenvalue weighted by Gasteiger charge is 2.16. The van der Waals surface area contributed by atoms with E-state index in [1.807, 2.05) is 13.0 Å². The van der Waals surface area contributed by atoms with Gasteiger partial charge in [0.1, 0.15) is 5.82 Å². The van der Waals surface area contributed by atoms with Crippen molar-refractivity contribution in [2.45, 2.75) is 19.9 Å². The van der Waals surface area contributed by atoms with Crippen LogP contribution in [0.5, 0.6) is 0 Å². The fourth-order valence-corrected chi connectivity index (χ4v) is 3.61. The van der Waals surface area contributed by atoms with Crippen molar-refractivity contribution < 1.29 is 4.39 Å². The molecule has 8 heteroatoms. The van der Waals surface area contributed by atoms with Crippen molar-refractivity contribution >= 4 is 16.6 Å². The van der Waals surface area contributed by atoms with Gasteiger partial charge >= 0.3 is 0 Å². The molecule has 0 aliphatic heterocycles. The zero-order valence-corrected chi connectivity index (χ0v) is 15.6. The Hall–Kier alpha value is -3.81. The Labute approximate surface area is 164 Å². The highest BCUT2D eigenvalue weighted by atomic mass is 19.1. The molecule has 5 aromatic rings. The zero-order chi connectivity index (χ0) is 20.0. The summed E-state index contributed by atoms with van der Waals surface area (Å²) in [6.45, 7) is 2.42. The predicted octanol–water partition coefficient (Wildman–Crippen LogP) is 3.12. The van der Waals surface area contributed by atoms with Gasteiger partial charge in [0, 0.05) is 42.8 Å². The van der Waals surface area contributed by atoms with E-state index in [2.05, 4.69) is 20.1 Å². The second kappa shape index (κ2) is 6.66. The normalized spacial score (nSPS) is 11.5. The minimum Gasteiger partial charge on any atom is -0.348 e. The summed E-state index contributed by atoms with van der Waals surface area (Å²) in [5.41, 5.74) is 4.60. The number of aromatic amines is 1. The van der Waals surface area contributed by atoms with Crippen molar-refractivity contribution in [1.82, 2.24) is 29.1 Å². The molecule has 5 rings (SSSR count). The van der Waals surface area contributed by atoms with E-state index in [0.29, 0.717) is 29.5 Å². The summed E-state index contributed by atoms with van der Waals surface area (Å²) in [6.07, 6.45) is 7.41. The van der Waals surface area contributed by atoms with Crippen molar-refractivity contribution in [3.63, 3.8) is 0 Å². The Morgan fingerprint density at radius 3 is 2.72 bits per heavy atom. The molecular formula is C21H17FN6O. The van der Waals surface area contributed by atoms with E-state index in [4.69, 9.17) is 0 Å². The van der Waals surface area contributed by atoms with Crippen LogP contribution in [-0.4, -0.2) is 29.1 Å². The maximum atomic E-state index is 13.3. The van der Waals surface area contributed by atoms with Crippen LogP contribution in [0.25, 0.3) is 27.7 Å². The SMILES string of the molecule is Cc1nn2c(ncc3c(=O)n(CCc4cnc[nH]4)ccc32)c1-c1ccc(F)cc1. The molecule has 0 fully saturated rings. The molecule has 4 aromatic heterocycles. The summed E-state index contributed by atoms with van der Waals surface area (Å²) in [7, 11) is 0. The predicted molar refractivity (Wildman–Crippen MR) is 107 cm³/mol. The summed E-state index contributed by atoms with van der Waals surface area (Å²) in [6, 6.07) is 8.12. The molecule has 0 saturated heterocycles. The Morgan fingerprint density at radius 1 is 1.14 bits per heavy atom. The summed E-state index contributed by atoms with van der Waals surface area (Å²) < 4.78 is 16.7. The molecule has 4 heterocycles. The third-order valence-corrected chi connectivity index (χ3v) is 5.07. The maximum absolute atomic E-state index is 13.3. The summed E-state index contributed by atoms with van der Waals surface area (Å²) in [5, 5.41) is 5.09. The first-order valence-electron chi connectivity index (χ1n) is 9.22. The molecular weight excluding hydrogens is 371 g/mol. The third-order valence-electron chi connectivity index (χ3n) is 5.07. The van der Waals surface area contributed by atoms with Gasteiger partial charge in [0.05, 0.1) is 22.9 Å². The first kappa shape index (κ1) is 17.3. The lowest BCUT2D eigenvalue weighted by Crippen LogP contribution is -2.21. The first-order chi connectivity index (χ1) is 14.1. The second-order valence-electron chi connectivity index (χ2n) is 6.90. The number of rotatable bonds is 4. The summed E-state index contributed by atoms with van der Waals surface area (Å²) in [5.74, 6) is -0.294. The van der Waals surface area contributed by atoms with Crippen LogP contribution in [0.2, 0.25) is 0 Å². The molecule has 0 spiro atoms. The smallest absolute Gasteiger partial charge is 0.261 e. The van der Waals surface area contributed by atoms with E-state index in [0.717, 1.165) is 22.5 Å². The lowest BCUT2D eigenvalue weighted by atomic mass is 10.1. The topological polar surface area (TPSA) is 80.9 Å². The highest BCUT2D eigenvalue weighted by Crippen LogP contribution is 2.28. The first-order valence-corrected chi connectivity index (χ1v) is 9.22. The molecule has 29 heavy (non-hydrogen) atoms. The van der Waals surface area contributed by atoms with E-state index >= 15 is 0 Å². The van der Waals surface area contributed by atoms with Crippen LogP contribution < -0.4 is 5.56 Å². The van der Waals surface area contributed by atoms with Gasteiger partial charge in [-0.15, -0.1) is 0 Å². The van der Waals surface area contributed by atoms with Gasteiger partial charge < -0.3 is 9.55 Å². The molecule has 0 unspecified atom stereocenters. The number of hydrogen-bond donors (Lipinski definition) is 1. The lowest BCUT2D eigenvalue weighted by molar-refractivity contribution is 0.628. The number of hydrogen-bond acceptors (Lipinski definition) is 4. The zero-order valence-electron chi connectivity index (χ0n) is 15.6. The quantitative estimate of drug-likeness (QED) is 0.513. The molecule has 0 bridgehead atoms. The Morgan fingerprint density at radius 2 is 1.97 bits per heavy atom. The Bertz CT molecular complexity index is 1380. The van der Waals surface area contributed by atoms with Gasteiger partial charge in [-0.25, -0.2) is 18.9 Å². The van der Waals surface area contributed by atoms with Gasteiger partial charge in [0.25, 0.3) is 5.56 Å². The number of nitrogens with one attached hydrogen (secondary N) is 1. The number of fused-ring (bicyclic) bond motifs is 3. The largest absolute Gasteiger partial charge is 0.348 e. The molecule has 144 valence electrons. The number of imidazole rings is 1. The van der Waals surface area contributed by atoms with Gasteiger partial charge in [0.15, 0.2) is 5.65 Å². The summed E-state index contributed by atoms with van der Waals surface area (Å²) >= 11 is 0. The van der Waals surface area contributed by atoms with Crippen molar-refractivity contribution in [1.29, 1.82) is 0 Å². The van der Waals surface area contributed by atoms with Crippen molar-refractivity contribution in [3.8, 4) is 11.1 Å². The average molecular weight is 388 g/mol. The van der Waals surface area contributed by atoms with Crippen molar-refractivity contribution in [2.75, 3.05) is 0 Å². The van der Waals surface area contributed by atoms with Crippen LogP contribution in [0.1, 0.15) is 11.4 Å². The highest BCUT2D eigenvalue weighted by molar-refractivity contribution is 5.86. The number of pyridine rings is 1. The number of H-pyrrole nitrogens is 1. The van der Waals surface area contributed by atoms with E-state index in [1.54, 1.807) is 46.1 Å². The molecule has 0 atom stereocenters. The molecule has 0 radical (unpaired) electrons. The standard InChI is InChI=1S/C21H17FN6O/c1-13-19(14-2-4-15(22)5-3-14)20-24-11-17-18(28(20)26-13)7-9-27(21(17)29)8-6-16-10-23-12-25-16/h2-5,7,9-12H,6,8H2,1H3,(H,23,25). The molecule has 0 aliphatic carbocycles. The summed E-state index contributed by atoms with van der Waals surface area (Å²) in [4.78, 5) is 24.5. The third kappa shape index (κ3) is 2.89. The Kier molecular flexibility index (Phi) is 3.97. The molecule has 7 nitrogen and oxygen atoms in total. The van der Waals surface area contributed by atoms with Gasteiger partial charge in [0.2, 0.25) is 0 Å². The fourth-order valence-electron chi connectivity index (χ4n) is 3.61. The van der Waals surface area contributed by atoms with E-state index in [1.165, 1.54) is 12.1 Å². The van der Waals surface area contributed by atoms with Gasteiger partial charge in [-0.1, -0.05) is 12.1 Å². The lowest BCUT2D eigenvalue weighted by Gasteiger charge is -2.07. The van der Waals surface area contributed by atoms with Crippen LogP contribution in [0, 0.1) is 12.7 Å². The van der Waals surface area contributed by atoms with Crippen LogP contribution in [0.4, 0.5) is 4.39 Å². The van der Waals surface area contributed by atoms with E-state index < -0.39 is 0 Å². The Balaban J connectivity index is 1.62. The molecule has 1 N–H and O–H groups in total. The van der Waals surface area contributed by atoms with Gasteiger partial charge in [-0.3, -0.25) is 4.79 Å². The molecule has 0 amide bonds. The number of halogens is 1. The van der Waals surface area contributed by atoms with Gasteiger partial charge in [-0.05, 0) is 30.7 Å². The molecule has 1 aromatic carbocycles. The van der Waals surface area contributed by atoms with Crippen molar-refractivity contribution in [2.24, 2.45) is 0 Å².